The van der Waals surface area contributed by atoms with Crippen LogP contribution in [0.1, 0.15) is 5.56 Å². The highest BCUT2D eigenvalue weighted by Crippen LogP contribution is 2.11. The van der Waals surface area contributed by atoms with E-state index in [1.807, 2.05) is 29.0 Å². The molecule has 0 aliphatic rings. The molecule has 0 spiro atoms. The minimum absolute atomic E-state index is 0.690. The molecule has 0 radical (unpaired) electrons. The predicted octanol–water partition coefficient (Wildman–Crippen LogP) is 0.725. The van der Waals surface area contributed by atoms with Crippen molar-refractivity contribution in [1.82, 2.24) is 14.5 Å². The van der Waals surface area contributed by atoms with E-state index in [2.05, 4.69) is 23.1 Å². The van der Waals surface area contributed by atoms with Crippen molar-refractivity contribution in [2.75, 3.05) is 20.1 Å². The number of nitrogens with two attached hydrogens (primary N) is 1. The second-order valence-electron chi connectivity index (χ2n) is 3.73. The van der Waals surface area contributed by atoms with E-state index in [1.165, 1.54) is 11.1 Å². The van der Waals surface area contributed by atoms with Gasteiger partial charge in [0.1, 0.15) is 0 Å². The number of fused-ring (bicyclic) bond motifs is 1. The van der Waals surface area contributed by atoms with Crippen molar-refractivity contribution < 1.29 is 0 Å². The highest BCUT2D eigenvalue weighted by Gasteiger charge is 2.05. The van der Waals surface area contributed by atoms with Crippen LogP contribution in [0, 0.1) is 0 Å². The van der Waals surface area contributed by atoms with E-state index < -0.39 is 0 Å². The third-order valence-corrected chi connectivity index (χ3v) is 2.46. The molecular formula is C11H16N4. The van der Waals surface area contributed by atoms with E-state index in [-0.39, 0.29) is 0 Å². The Bertz CT molecular complexity index is 435. The van der Waals surface area contributed by atoms with Gasteiger partial charge in [0, 0.05) is 31.4 Å². The van der Waals surface area contributed by atoms with Crippen molar-refractivity contribution >= 4 is 5.52 Å². The Balaban J connectivity index is 2.21. The van der Waals surface area contributed by atoms with Crippen molar-refractivity contribution in [1.29, 1.82) is 0 Å². The molecule has 0 aliphatic heterocycles. The Labute approximate surface area is 89.3 Å². The molecule has 2 N–H and O–H groups in total. The van der Waals surface area contributed by atoms with Crippen LogP contribution in [0.15, 0.2) is 30.6 Å². The lowest BCUT2D eigenvalue weighted by atomic mass is 10.2. The molecule has 4 heteroatoms. The predicted molar refractivity (Wildman–Crippen MR) is 60.6 cm³/mol. The summed E-state index contributed by atoms with van der Waals surface area (Å²) in [6.07, 6.45) is 3.88. The number of likely N-dealkylation sites (N-methyl/N-ethyl adjacent to an activating group) is 1. The van der Waals surface area contributed by atoms with Gasteiger partial charge in [0.05, 0.1) is 11.7 Å². The summed E-state index contributed by atoms with van der Waals surface area (Å²) >= 11 is 0. The van der Waals surface area contributed by atoms with Gasteiger partial charge in [-0.15, -0.1) is 0 Å². The SMILES string of the molecule is CN(CCN)Cc1cnn2ccccc12. The van der Waals surface area contributed by atoms with Gasteiger partial charge in [-0.1, -0.05) is 6.07 Å². The molecule has 2 rings (SSSR count). The molecule has 0 unspecified atom stereocenters. The number of pyridine rings is 1. The first-order valence-electron chi connectivity index (χ1n) is 5.11. The van der Waals surface area contributed by atoms with E-state index in [0.717, 1.165) is 13.1 Å². The highest BCUT2D eigenvalue weighted by atomic mass is 15.2. The zero-order chi connectivity index (χ0) is 10.7. The van der Waals surface area contributed by atoms with Crippen LogP contribution < -0.4 is 5.73 Å². The number of hydrogen-bond acceptors (Lipinski definition) is 3. The zero-order valence-electron chi connectivity index (χ0n) is 8.93. The first-order valence-corrected chi connectivity index (χ1v) is 5.11. The fourth-order valence-electron chi connectivity index (χ4n) is 1.70. The van der Waals surface area contributed by atoms with E-state index >= 15 is 0 Å². The van der Waals surface area contributed by atoms with Gasteiger partial charge in [0.15, 0.2) is 0 Å². The molecule has 2 aromatic heterocycles. The molecule has 0 aliphatic carbocycles. The minimum Gasteiger partial charge on any atom is -0.329 e. The quantitative estimate of drug-likeness (QED) is 0.798. The van der Waals surface area contributed by atoms with Crippen molar-refractivity contribution in [3.63, 3.8) is 0 Å². The Morgan fingerprint density at radius 3 is 3.13 bits per heavy atom. The summed E-state index contributed by atoms with van der Waals surface area (Å²) in [5.74, 6) is 0. The lowest BCUT2D eigenvalue weighted by Gasteiger charge is -2.13. The molecule has 0 atom stereocenters. The van der Waals surface area contributed by atoms with Gasteiger partial charge in [-0.25, -0.2) is 4.52 Å². The van der Waals surface area contributed by atoms with Crippen molar-refractivity contribution in [3.05, 3.63) is 36.2 Å². The normalized spacial score (nSPS) is 11.4. The van der Waals surface area contributed by atoms with Crippen LogP contribution in [0.4, 0.5) is 0 Å². The maximum absolute atomic E-state index is 5.51. The van der Waals surface area contributed by atoms with Crippen molar-refractivity contribution in [2.45, 2.75) is 6.54 Å². The second kappa shape index (κ2) is 4.42. The largest absolute Gasteiger partial charge is 0.329 e. The fraction of sp³-hybridized carbons (Fsp3) is 0.364. The van der Waals surface area contributed by atoms with Gasteiger partial charge in [0.2, 0.25) is 0 Å². The summed E-state index contributed by atoms with van der Waals surface area (Å²) < 4.78 is 1.89. The molecule has 0 fully saturated rings. The van der Waals surface area contributed by atoms with Crippen LogP contribution >= 0.6 is 0 Å². The van der Waals surface area contributed by atoms with Crippen LogP contribution in [0.2, 0.25) is 0 Å². The molecular weight excluding hydrogens is 188 g/mol. The summed E-state index contributed by atoms with van der Waals surface area (Å²) in [6, 6.07) is 6.09. The van der Waals surface area contributed by atoms with Crippen LogP contribution in [0.5, 0.6) is 0 Å². The zero-order valence-corrected chi connectivity index (χ0v) is 8.93. The van der Waals surface area contributed by atoms with Crippen LogP contribution in [-0.2, 0) is 6.54 Å². The smallest absolute Gasteiger partial charge is 0.0706 e. The molecule has 0 saturated heterocycles. The van der Waals surface area contributed by atoms with Gasteiger partial charge in [0.25, 0.3) is 0 Å². The van der Waals surface area contributed by atoms with E-state index in [9.17, 15) is 0 Å². The average Bonchev–Trinajstić information content (AvgIpc) is 2.62. The summed E-state index contributed by atoms with van der Waals surface area (Å²) in [4.78, 5) is 2.20. The van der Waals surface area contributed by atoms with Gasteiger partial charge >= 0.3 is 0 Å². The topological polar surface area (TPSA) is 46.6 Å². The second-order valence-corrected chi connectivity index (χ2v) is 3.73. The van der Waals surface area contributed by atoms with E-state index in [4.69, 9.17) is 5.73 Å². The first-order chi connectivity index (χ1) is 7.31. The Morgan fingerprint density at radius 1 is 1.47 bits per heavy atom. The maximum atomic E-state index is 5.51. The highest BCUT2D eigenvalue weighted by molar-refractivity contribution is 5.53. The maximum Gasteiger partial charge on any atom is 0.0706 e. The van der Waals surface area contributed by atoms with Crippen LogP contribution in [-0.4, -0.2) is 34.7 Å². The van der Waals surface area contributed by atoms with Crippen LogP contribution in [0.25, 0.3) is 5.52 Å². The van der Waals surface area contributed by atoms with Gasteiger partial charge < -0.3 is 10.6 Å². The molecule has 2 aromatic rings. The van der Waals surface area contributed by atoms with E-state index in [1.54, 1.807) is 0 Å². The molecule has 0 bridgehead atoms. The molecule has 4 nitrogen and oxygen atoms in total. The summed E-state index contributed by atoms with van der Waals surface area (Å²) in [5, 5.41) is 4.29. The minimum atomic E-state index is 0.690. The van der Waals surface area contributed by atoms with Crippen LogP contribution in [0.3, 0.4) is 0 Å². The lowest BCUT2D eigenvalue weighted by molar-refractivity contribution is 0.337. The van der Waals surface area contributed by atoms with Gasteiger partial charge in [-0.3, -0.25) is 0 Å². The number of rotatable bonds is 4. The summed E-state index contributed by atoms with van der Waals surface area (Å²) in [5.41, 5.74) is 7.92. The third-order valence-electron chi connectivity index (χ3n) is 2.46. The van der Waals surface area contributed by atoms with Gasteiger partial charge in [-0.2, -0.15) is 5.10 Å². The molecule has 15 heavy (non-hydrogen) atoms. The molecule has 2 heterocycles. The van der Waals surface area contributed by atoms with Crippen molar-refractivity contribution in [2.24, 2.45) is 5.73 Å². The Hall–Kier alpha value is -1.39. The summed E-state index contributed by atoms with van der Waals surface area (Å²) in [6.45, 7) is 2.49. The van der Waals surface area contributed by atoms with E-state index in [0.29, 0.717) is 6.54 Å². The van der Waals surface area contributed by atoms with Gasteiger partial charge in [-0.05, 0) is 19.2 Å². The number of nitrogens with zero attached hydrogens (tertiary/aromatic N) is 3. The third kappa shape index (κ3) is 2.16. The Kier molecular flexibility index (Phi) is 2.99. The molecule has 0 saturated carbocycles. The molecule has 0 aromatic carbocycles. The molecule has 80 valence electrons. The lowest BCUT2D eigenvalue weighted by Crippen LogP contribution is -2.24. The average molecular weight is 204 g/mol. The molecule has 0 amide bonds. The monoisotopic (exact) mass is 204 g/mol. The standard InChI is InChI=1S/C11H16N4/c1-14(7-5-12)9-10-8-13-15-6-3-2-4-11(10)15/h2-4,6,8H,5,7,9,12H2,1H3. The Morgan fingerprint density at radius 2 is 2.33 bits per heavy atom. The first kappa shape index (κ1) is 10.1. The van der Waals surface area contributed by atoms with Crippen molar-refractivity contribution in [3.8, 4) is 0 Å². The fourth-order valence-corrected chi connectivity index (χ4v) is 1.70. The number of hydrogen-bond donors (Lipinski definition) is 1. The number of aromatic nitrogens is 2. The summed E-state index contributed by atoms with van der Waals surface area (Å²) in [7, 11) is 2.07.